The number of hydrogen-bond acceptors (Lipinski definition) is 4. The van der Waals surface area contributed by atoms with Crippen LogP contribution in [0.5, 0.6) is 0 Å². The number of benzene rings is 1. The van der Waals surface area contributed by atoms with Crippen LogP contribution in [-0.2, 0) is 20.9 Å². The van der Waals surface area contributed by atoms with Crippen molar-refractivity contribution < 1.29 is 14.3 Å². The van der Waals surface area contributed by atoms with E-state index in [1.807, 2.05) is 30.3 Å². The summed E-state index contributed by atoms with van der Waals surface area (Å²) in [7, 11) is 1.36. The normalized spacial score (nSPS) is 19.0. The zero-order valence-corrected chi connectivity index (χ0v) is 13.3. The van der Waals surface area contributed by atoms with E-state index < -0.39 is 6.04 Å². The molecule has 5 heteroatoms. The van der Waals surface area contributed by atoms with Crippen LogP contribution in [0, 0.1) is 5.92 Å². The summed E-state index contributed by atoms with van der Waals surface area (Å²) in [6.07, 6.45) is 0.892. The average molecular weight is 307 g/mol. The first-order chi connectivity index (χ1) is 10.1. The lowest BCUT2D eigenvalue weighted by atomic mass is 10.1. The van der Waals surface area contributed by atoms with E-state index in [1.165, 1.54) is 7.11 Å². The van der Waals surface area contributed by atoms with Crippen LogP contribution in [-0.4, -0.2) is 41.4 Å². The topological polar surface area (TPSA) is 46.6 Å². The number of ether oxygens (including phenoxy) is 1. The summed E-state index contributed by atoms with van der Waals surface area (Å²) in [5.74, 6) is 1.57. The Kier molecular flexibility index (Phi) is 5.67. The highest BCUT2D eigenvalue weighted by Gasteiger charge is 2.33. The van der Waals surface area contributed by atoms with Gasteiger partial charge in [0, 0.05) is 18.2 Å². The quantitative estimate of drug-likeness (QED) is 0.783. The van der Waals surface area contributed by atoms with Crippen molar-refractivity contribution in [3.63, 3.8) is 0 Å². The first-order valence-electron chi connectivity index (χ1n) is 7.13. The molecule has 0 spiro atoms. The van der Waals surface area contributed by atoms with Crippen molar-refractivity contribution in [3.8, 4) is 0 Å². The van der Waals surface area contributed by atoms with E-state index in [-0.39, 0.29) is 17.8 Å². The summed E-state index contributed by atoms with van der Waals surface area (Å²) >= 11 is 1.80. The summed E-state index contributed by atoms with van der Waals surface area (Å²) in [6, 6.07) is 9.18. The maximum Gasteiger partial charge on any atom is 0.328 e. The van der Waals surface area contributed by atoms with Crippen LogP contribution in [0.2, 0.25) is 0 Å². The molecule has 2 rings (SSSR count). The largest absolute Gasteiger partial charge is 0.467 e. The molecule has 0 bridgehead atoms. The van der Waals surface area contributed by atoms with Gasteiger partial charge >= 0.3 is 5.97 Å². The molecule has 0 radical (unpaired) electrons. The molecule has 1 aliphatic rings. The standard InChI is InChI=1S/C16H21NO3S/c1-12(16(19)20-2)17(10-13-6-4-3-5-7-13)15(18)14-8-9-21-11-14/h3-7,12,14H,8-11H2,1-2H3/t12-,14+/m1/s1. The third kappa shape index (κ3) is 4.00. The molecular weight excluding hydrogens is 286 g/mol. The highest BCUT2D eigenvalue weighted by molar-refractivity contribution is 7.99. The molecule has 114 valence electrons. The molecule has 1 heterocycles. The number of hydrogen-bond donors (Lipinski definition) is 0. The molecule has 1 saturated heterocycles. The number of esters is 1. The number of methoxy groups -OCH3 is 1. The monoisotopic (exact) mass is 307 g/mol. The van der Waals surface area contributed by atoms with Crippen LogP contribution in [0.15, 0.2) is 30.3 Å². The molecule has 1 fully saturated rings. The average Bonchev–Trinajstić information content (AvgIpc) is 3.06. The predicted molar refractivity (Wildman–Crippen MR) is 83.9 cm³/mol. The van der Waals surface area contributed by atoms with Crippen molar-refractivity contribution in [2.45, 2.75) is 25.9 Å². The van der Waals surface area contributed by atoms with Gasteiger partial charge in [-0.15, -0.1) is 0 Å². The van der Waals surface area contributed by atoms with Gasteiger partial charge in [-0.25, -0.2) is 4.79 Å². The Morgan fingerprint density at radius 2 is 2.10 bits per heavy atom. The molecule has 1 aliphatic heterocycles. The van der Waals surface area contributed by atoms with Crippen molar-refractivity contribution in [2.75, 3.05) is 18.6 Å². The van der Waals surface area contributed by atoms with Crippen LogP contribution in [0.3, 0.4) is 0 Å². The minimum atomic E-state index is -0.562. The Bertz CT molecular complexity index is 486. The molecule has 0 aromatic heterocycles. The second kappa shape index (κ2) is 7.50. The summed E-state index contributed by atoms with van der Waals surface area (Å²) < 4.78 is 4.81. The summed E-state index contributed by atoms with van der Waals surface area (Å²) in [6.45, 7) is 2.17. The molecule has 1 aromatic carbocycles. The highest BCUT2D eigenvalue weighted by Crippen LogP contribution is 2.26. The number of nitrogens with zero attached hydrogens (tertiary/aromatic N) is 1. The molecule has 0 aliphatic carbocycles. The van der Waals surface area contributed by atoms with Gasteiger partial charge in [-0.1, -0.05) is 30.3 Å². The smallest absolute Gasteiger partial charge is 0.328 e. The van der Waals surface area contributed by atoms with Gasteiger partial charge in [0.15, 0.2) is 0 Å². The van der Waals surface area contributed by atoms with E-state index in [9.17, 15) is 9.59 Å². The molecule has 0 unspecified atom stereocenters. The van der Waals surface area contributed by atoms with Gasteiger partial charge in [-0.3, -0.25) is 4.79 Å². The van der Waals surface area contributed by atoms with Crippen LogP contribution in [0.1, 0.15) is 18.9 Å². The first-order valence-corrected chi connectivity index (χ1v) is 8.29. The molecule has 0 N–H and O–H groups in total. The summed E-state index contributed by atoms with van der Waals surface area (Å²) in [5, 5.41) is 0. The van der Waals surface area contributed by atoms with Gasteiger partial charge < -0.3 is 9.64 Å². The number of amides is 1. The lowest BCUT2D eigenvalue weighted by molar-refractivity contribution is -0.153. The maximum absolute atomic E-state index is 12.7. The van der Waals surface area contributed by atoms with E-state index in [1.54, 1.807) is 23.6 Å². The molecule has 1 amide bonds. The maximum atomic E-state index is 12.7. The Morgan fingerprint density at radius 3 is 2.67 bits per heavy atom. The third-order valence-electron chi connectivity index (χ3n) is 3.77. The molecule has 2 atom stereocenters. The lowest BCUT2D eigenvalue weighted by Crippen LogP contribution is -2.46. The van der Waals surface area contributed by atoms with Crippen LogP contribution in [0.4, 0.5) is 0 Å². The second-order valence-electron chi connectivity index (χ2n) is 5.21. The van der Waals surface area contributed by atoms with Gasteiger partial charge in [0.25, 0.3) is 0 Å². The van der Waals surface area contributed by atoms with E-state index in [0.717, 1.165) is 23.5 Å². The van der Waals surface area contributed by atoms with Crippen molar-refractivity contribution in [1.82, 2.24) is 4.90 Å². The molecule has 21 heavy (non-hydrogen) atoms. The fraction of sp³-hybridized carbons (Fsp3) is 0.500. The van der Waals surface area contributed by atoms with Crippen molar-refractivity contribution in [2.24, 2.45) is 5.92 Å². The fourth-order valence-electron chi connectivity index (χ4n) is 2.45. The molecular formula is C16H21NO3S. The first kappa shape index (κ1) is 15.9. The summed E-state index contributed by atoms with van der Waals surface area (Å²) in [4.78, 5) is 26.2. The minimum Gasteiger partial charge on any atom is -0.467 e. The summed E-state index contributed by atoms with van der Waals surface area (Å²) in [5.41, 5.74) is 1.02. The number of thioether (sulfide) groups is 1. The van der Waals surface area contributed by atoms with Gasteiger partial charge in [0.05, 0.1) is 7.11 Å². The third-order valence-corrected chi connectivity index (χ3v) is 4.93. The van der Waals surface area contributed by atoms with E-state index in [2.05, 4.69) is 0 Å². The lowest BCUT2D eigenvalue weighted by Gasteiger charge is -2.29. The zero-order valence-electron chi connectivity index (χ0n) is 12.5. The number of carbonyl (C=O) groups is 2. The van der Waals surface area contributed by atoms with Crippen LogP contribution < -0.4 is 0 Å². The van der Waals surface area contributed by atoms with Crippen molar-refractivity contribution in [1.29, 1.82) is 0 Å². The molecule has 1 aromatic rings. The predicted octanol–water partition coefficient (Wildman–Crippen LogP) is 2.33. The second-order valence-corrected chi connectivity index (χ2v) is 6.36. The van der Waals surface area contributed by atoms with E-state index in [4.69, 9.17) is 4.74 Å². The SMILES string of the molecule is COC(=O)[C@@H](C)N(Cc1ccccc1)C(=O)[C@H]1CCSC1. The van der Waals surface area contributed by atoms with Crippen molar-refractivity contribution in [3.05, 3.63) is 35.9 Å². The van der Waals surface area contributed by atoms with Crippen LogP contribution >= 0.6 is 11.8 Å². The van der Waals surface area contributed by atoms with Crippen LogP contribution in [0.25, 0.3) is 0 Å². The van der Waals surface area contributed by atoms with E-state index in [0.29, 0.717) is 6.54 Å². The molecule has 4 nitrogen and oxygen atoms in total. The zero-order chi connectivity index (χ0) is 15.2. The molecule has 0 saturated carbocycles. The fourth-order valence-corrected chi connectivity index (χ4v) is 3.66. The Balaban J connectivity index is 2.16. The van der Waals surface area contributed by atoms with Gasteiger partial charge in [-0.05, 0) is 24.7 Å². The van der Waals surface area contributed by atoms with E-state index >= 15 is 0 Å². The Morgan fingerprint density at radius 1 is 1.38 bits per heavy atom. The van der Waals surface area contributed by atoms with Gasteiger partial charge in [-0.2, -0.15) is 11.8 Å². The van der Waals surface area contributed by atoms with Crippen molar-refractivity contribution >= 4 is 23.6 Å². The van der Waals surface area contributed by atoms with Gasteiger partial charge in [0.2, 0.25) is 5.91 Å². The Hall–Kier alpha value is -1.49. The Labute approximate surface area is 129 Å². The number of rotatable bonds is 5. The highest BCUT2D eigenvalue weighted by atomic mass is 32.2. The minimum absolute atomic E-state index is 0.0193. The van der Waals surface area contributed by atoms with Gasteiger partial charge in [0.1, 0.15) is 6.04 Å². The number of carbonyl (C=O) groups excluding carboxylic acids is 2.